The summed E-state index contributed by atoms with van der Waals surface area (Å²) in [6.45, 7) is 3.87. The largest absolute Gasteiger partial charge is 0.507 e. The number of ketones is 4. The molecule has 3 aliphatic rings. The van der Waals surface area contributed by atoms with Crippen molar-refractivity contribution < 1.29 is 47.8 Å². The number of aliphatic hydroxyl groups is 1. The van der Waals surface area contributed by atoms with Crippen molar-refractivity contribution >= 4 is 42.3 Å². The van der Waals surface area contributed by atoms with Crippen LogP contribution < -0.4 is 10.6 Å². The number of amides is 1. The van der Waals surface area contributed by atoms with Crippen LogP contribution in [0.2, 0.25) is 0 Å². The van der Waals surface area contributed by atoms with Gasteiger partial charge in [0.1, 0.15) is 5.75 Å². The molecule has 1 amide bonds. The Morgan fingerprint density at radius 2 is 1.58 bits per heavy atom. The molecule has 0 saturated heterocycles. The molecular weight excluding hydrogens is 725 g/mol. The van der Waals surface area contributed by atoms with Crippen molar-refractivity contribution in [1.82, 2.24) is 4.90 Å². The van der Waals surface area contributed by atoms with Crippen LogP contribution in [0.1, 0.15) is 53.0 Å². The Kier molecular flexibility index (Phi) is 11.1. The molecule has 0 bridgehead atoms. The standard InChI is InChI=1S/C41H48N3O10P/c1-7-53-55(52,54-8-2)30(18-22-12-10-9-11-13-22)24-16-14-23(15-17-24)26-21-29(43(3)4)27-19-25-20-28-34(44(5)6)37(47)33(40(42)50)39(49)41(28,51)38(48)31(25)36(46)32(27)35(26)45/h9-17,21,25,28,30-31,33-34,45,51H,7-8,18-20H2,1-6H3,(H2,42,50)/t25-,28-,30?,31?,33?,34?,41-/m0/s1. The summed E-state index contributed by atoms with van der Waals surface area (Å²) in [7, 11) is 3.03. The first-order chi connectivity index (χ1) is 26.0. The number of likely N-dealkylation sites (N-methyl/N-ethyl adjacent to an activating group) is 1. The van der Waals surface area contributed by atoms with Gasteiger partial charge in [-0.2, -0.15) is 0 Å². The number of carbonyl (C=O) groups is 5. The van der Waals surface area contributed by atoms with Crippen molar-refractivity contribution in [3.8, 4) is 16.9 Å². The molecule has 0 radical (unpaired) electrons. The lowest BCUT2D eigenvalue weighted by molar-refractivity contribution is -0.181. The van der Waals surface area contributed by atoms with Crippen LogP contribution in [0.4, 0.5) is 5.69 Å². The number of hydrogen-bond donors (Lipinski definition) is 3. The molecule has 13 nitrogen and oxygen atoms in total. The minimum atomic E-state index is -3.65. The third-order valence-corrected chi connectivity index (χ3v) is 13.9. The number of phenols is 1. The van der Waals surface area contributed by atoms with Gasteiger partial charge < -0.3 is 29.9 Å². The van der Waals surface area contributed by atoms with Gasteiger partial charge >= 0.3 is 7.60 Å². The molecule has 7 atom stereocenters. The van der Waals surface area contributed by atoms with Gasteiger partial charge in [0.25, 0.3) is 0 Å². The van der Waals surface area contributed by atoms with Gasteiger partial charge in [0.2, 0.25) is 5.91 Å². The van der Waals surface area contributed by atoms with E-state index in [1.54, 1.807) is 77.3 Å². The van der Waals surface area contributed by atoms with Crippen LogP contribution in [0.15, 0.2) is 60.7 Å². The minimum Gasteiger partial charge on any atom is -0.507 e. The number of phenolic OH excluding ortho intramolecular Hbond substituents is 1. The summed E-state index contributed by atoms with van der Waals surface area (Å²) in [6.07, 6.45) is 0.465. The van der Waals surface area contributed by atoms with E-state index >= 15 is 0 Å². The van der Waals surface area contributed by atoms with E-state index < -0.39 is 77.6 Å². The number of nitrogens with zero attached hydrogens (tertiary/aromatic N) is 2. The molecule has 3 aromatic rings. The van der Waals surface area contributed by atoms with Crippen LogP contribution in [-0.2, 0) is 45.6 Å². The molecular formula is C41H48N3O10P. The zero-order chi connectivity index (χ0) is 40.1. The van der Waals surface area contributed by atoms with Crippen molar-refractivity contribution in [3.05, 3.63) is 82.9 Å². The second kappa shape index (κ2) is 15.2. The summed E-state index contributed by atoms with van der Waals surface area (Å²) in [5.74, 6) is -11.1. The fraction of sp³-hybridized carbons (Fsp3) is 0.439. The van der Waals surface area contributed by atoms with Crippen LogP contribution in [0.5, 0.6) is 5.75 Å². The number of Topliss-reactive ketones (excluding diaryl/α,β-unsaturated/α-hetero) is 4. The number of anilines is 1. The van der Waals surface area contributed by atoms with E-state index in [-0.39, 0.29) is 37.4 Å². The molecule has 0 aromatic heterocycles. The van der Waals surface area contributed by atoms with E-state index in [0.717, 1.165) is 5.56 Å². The number of primary amides is 1. The molecule has 4 N–H and O–H groups in total. The van der Waals surface area contributed by atoms with E-state index in [2.05, 4.69) is 0 Å². The lowest BCUT2D eigenvalue weighted by atomic mass is 9.52. The van der Waals surface area contributed by atoms with Crippen LogP contribution in [0, 0.1) is 23.7 Å². The van der Waals surface area contributed by atoms with Crippen LogP contribution in [0.25, 0.3) is 11.1 Å². The summed E-state index contributed by atoms with van der Waals surface area (Å²) in [4.78, 5) is 71.7. The predicted octanol–water partition coefficient (Wildman–Crippen LogP) is 4.15. The third-order valence-electron chi connectivity index (χ3n) is 11.4. The van der Waals surface area contributed by atoms with Gasteiger partial charge in [0, 0.05) is 31.3 Å². The van der Waals surface area contributed by atoms with Crippen molar-refractivity contribution in [2.45, 2.75) is 50.4 Å². The van der Waals surface area contributed by atoms with E-state index in [1.807, 2.05) is 30.3 Å². The van der Waals surface area contributed by atoms with Gasteiger partial charge in [-0.25, -0.2) is 0 Å². The number of nitrogens with two attached hydrogens (primary N) is 1. The number of carbonyl (C=O) groups excluding carboxylic acids is 5. The first-order valence-electron chi connectivity index (χ1n) is 18.5. The van der Waals surface area contributed by atoms with Gasteiger partial charge in [0.15, 0.2) is 34.7 Å². The maximum Gasteiger partial charge on any atom is 0.338 e. The molecule has 55 heavy (non-hydrogen) atoms. The second-order valence-corrected chi connectivity index (χ2v) is 17.3. The molecule has 2 fully saturated rings. The first kappa shape index (κ1) is 40.2. The quantitative estimate of drug-likeness (QED) is 0.176. The first-order valence-corrected chi connectivity index (χ1v) is 20.1. The fourth-order valence-corrected chi connectivity index (χ4v) is 11.1. The van der Waals surface area contributed by atoms with Gasteiger partial charge in [-0.3, -0.25) is 33.4 Å². The number of aromatic hydroxyl groups is 1. The zero-order valence-corrected chi connectivity index (χ0v) is 32.7. The van der Waals surface area contributed by atoms with Gasteiger partial charge in [-0.1, -0.05) is 54.6 Å². The summed E-state index contributed by atoms with van der Waals surface area (Å²) in [5.41, 5.74) is 5.42. The van der Waals surface area contributed by atoms with Gasteiger partial charge in [0.05, 0.1) is 36.4 Å². The molecule has 3 aromatic carbocycles. The van der Waals surface area contributed by atoms with Crippen molar-refractivity contribution in [3.63, 3.8) is 0 Å². The second-order valence-electron chi connectivity index (χ2n) is 15.0. The highest BCUT2D eigenvalue weighted by molar-refractivity contribution is 7.54. The highest BCUT2D eigenvalue weighted by Crippen LogP contribution is 2.62. The summed E-state index contributed by atoms with van der Waals surface area (Å²) >= 11 is 0. The average molecular weight is 774 g/mol. The Morgan fingerprint density at radius 3 is 2.13 bits per heavy atom. The molecule has 292 valence electrons. The molecule has 0 heterocycles. The number of benzene rings is 3. The molecule has 3 aliphatic carbocycles. The molecule has 0 aliphatic heterocycles. The van der Waals surface area contributed by atoms with Crippen LogP contribution in [-0.4, -0.2) is 97.2 Å². The third kappa shape index (κ3) is 6.65. The Labute approximate surface area is 320 Å². The van der Waals surface area contributed by atoms with Gasteiger partial charge in [-0.15, -0.1) is 0 Å². The lowest BCUT2D eigenvalue weighted by Gasteiger charge is -2.52. The zero-order valence-electron chi connectivity index (χ0n) is 31.9. The van der Waals surface area contributed by atoms with E-state index in [1.165, 1.54) is 4.90 Å². The summed E-state index contributed by atoms with van der Waals surface area (Å²) in [5, 5.41) is 23.9. The number of fused-ring (bicyclic) bond motifs is 3. The maximum absolute atomic E-state index is 14.6. The SMILES string of the molecule is CCOP(=O)(OCC)C(Cc1ccccc1)c1ccc(-c2cc(N(C)C)c3c(c2O)C(=O)C2C(=O)[C@]4(O)C(=O)C(C(N)=O)C(=O)C(N(C)C)[C@@H]4C[C@@H]2C3)cc1. The van der Waals surface area contributed by atoms with Crippen LogP contribution >= 0.6 is 7.60 Å². The maximum atomic E-state index is 14.6. The molecule has 14 heteroatoms. The number of hydrogen-bond acceptors (Lipinski definition) is 12. The normalized spacial score (nSPS) is 25.6. The smallest absolute Gasteiger partial charge is 0.338 e. The molecule has 6 rings (SSSR count). The van der Waals surface area contributed by atoms with Crippen molar-refractivity contribution in [2.75, 3.05) is 46.3 Å². The Morgan fingerprint density at radius 1 is 0.964 bits per heavy atom. The Bertz CT molecular complexity index is 2080. The highest BCUT2D eigenvalue weighted by atomic mass is 31.2. The molecule has 4 unspecified atom stereocenters. The lowest BCUT2D eigenvalue weighted by Crippen LogP contribution is -2.74. The minimum absolute atomic E-state index is 0.0434. The number of rotatable bonds is 12. The molecule has 2 saturated carbocycles. The van der Waals surface area contributed by atoms with E-state index in [4.69, 9.17) is 14.8 Å². The highest BCUT2D eigenvalue weighted by Gasteiger charge is 2.69. The summed E-state index contributed by atoms with van der Waals surface area (Å²) < 4.78 is 25.8. The molecule has 0 spiro atoms. The van der Waals surface area contributed by atoms with E-state index in [0.29, 0.717) is 34.4 Å². The monoisotopic (exact) mass is 773 g/mol. The van der Waals surface area contributed by atoms with Gasteiger partial charge in [-0.05, 0) is 81.4 Å². The topological polar surface area (TPSA) is 194 Å². The van der Waals surface area contributed by atoms with Crippen molar-refractivity contribution in [1.29, 1.82) is 0 Å². The average Bonchev–Trinajstić information content (AvgIpc) is 3.12. The fourth-order valence-electron chi connectivity index (χ4n) is 8.98. The Hall–Kier alpha value is -4.52. The van der Waals surface area contributed by atoms with E-state index in [9.17, 15) is 38.8 Å². The van der Waals surface area contributed by atoms with Crippen molar-refractivity contribution in [2.24, 2.45) is 29.4 Å². The summed E-state index contributed by atoms with van der Waals surface area (Å²) in [6, 6.07) is 17.2. The van der Waals surface area contributed by atoms with Crippen LogP contribution in [0.3, 0.4) is 0 Å². The predicted molar refractivity (Wildman–Crippen MR) is 205 cm³/mol. The Balaban J connectivity index is 1.43.